The van der Waals surface area contributed by atoms with Crippen molar-refractivity contribution in [1.29, 1.82) is 0 Å². The molecule has 6 heteroatoms. The van der Waals surface area contributed by atoms with Gasteiger partial charge in [-0.25, -0.2) is 0 Å². The molecule has 0 radical (unpaired) electrons. The SMILES string of the molecule is COc1ccc(-c2noc(C3CC(=O)N(c4cc(C)ccc4C)C3)n2)cc1. The highest BCUT2D eigenvalue weighted by atomic mass is 16.5. The average molecular weight is 363 g/mol. The third-order valence-corrected chi connectivity index (χ3v) is 4.92. The lowest BCUT2D eigenvalue weighted by Gasteiger charge is -2.19. The van der Waals surface area contributed by atoms with Crippen molar-refractivity contribution in [3.8, 4) is 17.1 Å². The Morgan fingerprint density at radius 1 is 1.15 bits per heavy atom. The molecule has 0 N–H and O–H groups in total. The molecule has 2 aromatic carbocycles. The van der Waals surface area contributed by atoms with Gasteiger partial charge in [-0.1, -0.05) is 17.3 Å². The lowest BCUT2D eigenvalue weighted by Crippen LogP contribution is -2.25. The van der Waals surface area contributed by atoms with Crippen molar-refractivity contribution in [2.24, 2.45) is 0 Å². The summed E-state index contributed by atoms with van der Waals surface area (Å²) in [6.45, 7) is 4.59. The topological polar surface area (TPSA) is 68.5 Å². The van der Waals surface area contributed by atoms with Crippen LogP contribution in [0.15, 0.2) is 47.0 Å². The number of hydrogen-bond acceptors (Lipinski definition) is 5. The van der Waals surface area contributed by atoms with E-state index >= 15 is 0 Å². The van der Waals surface area contributed by atoms with Crippen LogP contribution in [0.2, 0.25) is 0 Å². The van der Waals surface area contributed by atoms with Crippen LogP contribution in [0, 0.1) is 13.8 Å². The van der Waals surface area contributed by atoms with Crippen molar-refractivity contribution in [2.75, 3.05) is 18.6 Å². The first-order chi connectivity index (χ1) is 13.0. The summed E-state index contributed by atoms with van der Waals surface area (Å²) in [5, 5.41) is 4.08. The highest BCUT2D eigenvalue weighted by Crippen LogP contribution is 2.34. The van der Waals surface area contributed by atoms with Crippen LogP contribution in [0.5, 0.6) is 5.75 Å². The molecular formula is C21H21N3O3. The van der Waals surface area contributed by atoms with Crippen LogP contribution in [-0.4, -0.2) is 29.7 Å². The molecule has 1 aromatic heterocycles. The maximum Gasteiger partial charge on any atom is 0.232 e. The standard InChI is InChI=1S/C21H21N3O3/c1-13-4-5-14(2)18(10-13)24-12-16(11-19(24)25)21-22-20(23-27-21)15-6-8-17(26-3)9-7-15/h4-10,16H,11-12H2,1-3H3. The van der Waals surface area contributed by atoms with Crippen LogP contribution in [-0.2, 0) is 4.79 Å². The zero-order valence-corrected chi connectivity index (χ0v) is 15.6. The first-order valence-corrected chi connectivity index (χ1v) is 8.91. The van der Waals surface area contributed by atoms with Gasteiger partial charge in [0.05, 0.1) is 13.0 Å². The molecule has 2 heterocycles. The normalized spacial score (nSPS) is 16.8. The fraction of sp³-hybridized carbons (Fsp3) is 0.286. The molecular weight excluding hydrogens is 342 g/mol. The van der Waals surface area contributed by atoms with Crippen molar-refractivity contribution >= 4 is 11.6 Å². The van der Waals surface area contributed by atoms with Crippen molar-refractivity contribution in [2.45, 2.75) is 26.2 Å². The number of carbonyl (C=O) groups is 1. The number of methoxy groups -OCH3 is 1. The van der Waals surface area contributed by atoms with Crippen LogP contribution in [0.1, 0.15) is 29.4 Å². The van der Waals surface area contributed by atoms with E-state index in [0.717, 1.165) is 28.1 Å². The van der Waals surface area contributed by atoms with Crippen LogP contribution in [0.25, 0.3) is 11.4 Å². The minimum Gasteiger partial charge on any atom is -0.497 e. The van der Waals surface area contributed by atoms with E-state index < -0.39 is 0 Å². The molecule has 1 unspecified atom stereocenters. The van der Waals surface area contributed by atoms with Gasteiger partial charge in [0, 0.05) is 24.2 Å². The van der Waals surface area contributed by atoms with Crippen molar-refractivity contribution in [3.05, 3.63) is 59.5 Å². The maximum atomic E-state index is 12.6. The minimum atomic E-state index is -0.100. The maximum absolute atomic E-state index is 12.6. The van der Waals surface area contributed by atoms with Crippen LogP contribution in [0.4, 0.5) is 5.69 Å². The smallest absolute Gasteiger partial charge is 0.232 e. The number of anilines is 1. The monoisotopic (exact) mass is 363 g/mol. The van der Waals surface area contributed by atoms with Gasteiger partial charge >= 0.3 is 0 Å². The zero-order valence-electron chi connectivity index (χ0n) is 15.6. The van der Waals surface area contributed by atoms with Gasteiger partial charge in [-0.15, -0.1) is 0 Å². The fourth-order valence-electron chi connectivity index (χ4n) is 3.37. The molecule has 138 valence electrons. The number of benzene rings is 2. The molecule has 1 fully saturated rings. The molecule has 1 aliphatic rings. The summed E-state index contributed by atoms with van der Waals surface area (Å²) in [6, 6.07) is 13.6. The Hall–Kier alpha value is -3.15. The summed E-state index contributed by atoms with van der Waals surface area (Å²) >= 11 is 0. The Morgan fingerprint density at radius 2 is 1.93 bits per heavy atom. The molecule has 6 nitrogen and oxygen atoms in total. The Kier molecular flexibility index (Phi) is 4.39. The highest BCUT2D eigenvalue weighted by molar-refractivity contribution is 5.97. The van der Waals surface area contributed by atoms with Gasteiger partial charge in [0.15, 0.2) is 0 Å². The summed E-state index contributed by atoms with van der Waals surface area (Å²) in [4.78, 5) is 18.9. The van der Waals surface area contributed by atoms with E-state index in [0.29, 0.717) is 24.7 Å². The van der Waals surface area contributed by atoms with Gasteiger partial charge in [0.2, 0.25) is 17.6 Å². The zero-order chi connectivity index (χ0) is 19.0. The number of carbonyl (C=O) groups excluding carboxylic acids is 1. The lowest BCUT2D eigenvalue weighted by molar-refractivity contribution is -0.117. The summed E-state index contributed by atoms with van der Waals surface area (Å²) in [6.07, 6.45) is 0.373. The third-order valence-electron chi connectivity index (χ3n) is 4.92. The summed E-state index contributed by atoms with van der Waals surface area (Å²) in [5.41, 5.74) is 4.02. The second-order valence-corrected chi connectivity index (χ2v) is 6.88. The molecule has 0 bridgehead atoms. The number of aryl methyl sites for hydroxylation is 2. The molecule has 0 saturated carbocycles. The Balaban J connectivity index is 1.56. The molecule has 1 atom stereocenters. The second kappa shape index (κ2) is 6.87. The van der Waals surface area contributed by atoms with Gasteiger partial charge in [-0.05, 0) is 55.3 Å². The van der Waals surface area contributed by atoms with Gasteiger partial charge in [0.1, 0.15) is 5.75 Å². The number of ether oxygens (including phenoxy) is 1. The molecule has 0 aliphatic carbocycles. The van der Waals surface area contributed by atoms with E-state index in [1.54, 1.807) is 7.11 Å². The Morgan fingerprint density at radius 3 is 2.67 bits per heavy atom. The number of aromatic nitrogens is 2. The minimum absolute atomic E-state index is 0.0814. The molecule has 1 amide bonds. The van der Waals surface area contributed by atoms with E-state index in [4.69, 9.17) is 9.26 Å². The predicted molar refractivity (Wildman–Crippen MR) is 102 cm³/mol. The lowest BCUT2D eigenvalue weighted by atomic mass is 10.1. The van der Waals surface area contributed by atoms with Gasteiger partial charge in [-0.3, -0.25) is 4.79 Å². The van der Waals surface area contributed by atoms with Gasteiger partial charge in [-0.2, -0.15) is 4.98 Å². The van der Waals surface area contributed by atoms with Crippen LogP contribution in [0.3, 0.4) is 0 Å². The van der Waals surface area contributed by atoms with Crippen molar-refractivity contribution in [3.63, 3.8) is 0 Å². The summed E-state index contributed by atoms with van der Waals surface area (Å²) in [7, 11) is 1.63. The van der Waals surface area contributed by atoms with Crippen molar-refractivity contribution in [1.82, 2.24) is 10.1 Å². The first-order valence-electron chi connectivity index (χ1n) is 8.91. The number of nitrogens with zero attached hydrogens (tertiary/aromatic N) is 3. The molecule has 27 heavy (non-hydrogen) atoms. The van der Waals surface area contributed by atoms with E-state index in [-0.39, 0.29) is 11.8 Å². The average Bonchev–Trinajstić information content (AvgIpc) is 3.31. The first kappa shape index (κ1) is 17.3. The van der Waals surface area contributed by atoms with E-state index in [1.807, 2.05) is 55.1 Å². The highest BCUT2D eigenvalue weighted by Gasteiger charge is 2.35. The molecule has 0 spiro atoms. The summed E-state index contributed by atoms with van der Waals surface area (Å²) < 4.78 is 10.6. The Labute approximate surface area is 157 Å². The van der Waals surface area contributed by atoms with Crippen LogP contribution >= 0.6 is 0 Å². The van der Waals surface area contributed by atoms with Gasteiger partial charge < -0.3 is 14.2 Å². The second-order valence-electron chi connectivity index (χ2n) is 6.88. The van der Waals surface area contributed by atoms with E-state index in [1.165, 1.54) is 0 Å². The largest absolute Gasteiger partial charge is 0.497 e. The Bertz CT molecular complexity index is 979. The van der Waals surface area contributed by atoms with E-state index in [2.05, 4.69) is 16.2 Å². The molecule has 4 rings (SSSR count). The van der Waals surface area contributed by atoms with E-state index in [9.17, 15) is 4.79 Å². The quantitative estimate of drug-likeness (QED) is 0.703. The number of amides is 1. The molecule has 3 aromatic rings. The fourth-order valence-corrected chi connectivity index (χ4v) is 3.37. The van der Waals surface area contributed by atoms with Gasteiger partial charge in [0.25, 0.3) is 0 Å². The number of rotatable bonds is 4. The molecule has 1 aliphatic heterocycles. The van der Waals surface area contributed by atoms with Crippen molar-refractivity contribution < 1.29 is 14.1 Å². The van der Waals surface area contributed by atoms with Crippen LogP contribution < -0.4 is 9.64 Å². The number of hydrogen-bond donors (Lipinski definition) is 0. The predicted octanol–water partition coefficient (Wildman–Crippen LogP) is 3.88. The molecule has 1 saturated heterocycles. The summed E-state index contributed by atoms with van der Waals surface area (Å²) in [5.74, 6) is 1.77. The third kappa shape index (κ3) is 3.30.